The van der Waals surface area contributed by atoms with Crippen molar-refractivity contribution in [1.82, 2.24) is 10.2 Å². The van der Waals surface area contributed by atoms with Gasteiger partial charge in [-0.15, -0.1) is 10.2 Å². The van der Waals surface area contributed by atoms with Crippen LogP contribution in [0.2, 0.25) is 0 Å². The second-order valence-corrected chi connectivity index (χ2v) is 9.08. The Labute approximate surface area is 168 Å². The molecule has 0 aliphatic carbocycles. The Balaban J connectivity index is 1.97. The van der Waals surface area contributed by atoms with Gasteiger partial charge in [-0.3, -0.25) is 14.4 Å². The molecule has 146 valence electrons. The Morgan fingerprint density at radius 1 is 1.11 bits per heavy atom. The van der Waals surface area contributed by atoms with E-state index in [0.29, 0.717) is 16.4 Å². The Kier molecular flexibility index (Phi) is 5.76. The minimum absolute atomic E-state index is 0.0966. The molecular weight excluding hydrogens is 396 g/mol. The number of carbonyl (C=O) groups excluding carboxylic acids is 1. The second kappa shape index (κ2) is 8.07. The largest absolute Gasteiger partial charge is 0.296 e. The average molecular weight is 417 g/mol. The number of nitrogens with zero attached hydrogens (tertiary/aromatic N) is 3. The van der Waals surface area contributed by atoms with E-state index in [0.717, 1.165) is 5.01 Å². The summed E-state index contributed by atoms with van der Waals surface area (Å²) in [6.07, 6.45) is 0. The quantitative estimate of drug-likeness (QED) is 0.662. The summed E-state index contributed by atoms with van der Waals surface area (Å²) in [5.41, 5.74) is 1.38. The van der Waals surface area contributed by atoms with E-state index in [1.165, 1.54) is 21.7 Å². The molecule has 0 radical (unpaired) electrons. The maximum atomic E-state index is 13.3. The van der Waals surface area contributed by atoms with Crippen molar-refractivity contribution in [3.8, 4) is 0 Å². The number of sulfonamides is 1. The zero-order chi connectivity index (χ0) is 20.3. The van der Waals surface area contributed by atoms with Crippen LogP contribution in [0, 0.1) is 13.8 Å². The van der Waals surface area contributed by atoms with Gasteiger partial charge < -0.3 is 0 Å². The number of benzene rings is 2. The van der Waals surface area contributed by atoms with E-state index in [-0.39, 0.29) is 17.0 Å². The fourth-order valence-corrected chi connectivity index (χ4v) is 5.05. The molecule has 0 aliphatic rings. The van der Waals surface area contributed by atoms with Crippen molar-refractivity contribution in [1.29, 1.82) is 0 Å². The molecule has 3 rings (SSSR count). The summed E-state index contributed by atoms with van der Waals surface area (Å²) in [5.74, 6) is -0.435. The zero-order valence-corrected chi connectivity index (χ0v) is 17.3. The van der Waals surface area contributed by atoms with Gasteiger partial charge in [0.15, 0.2) is 0 Å². The minimum atomic E-state index is -3.83. The number of aryl methyl sites for hydroxylation is 2. The van der Waals surface area contributed by atoms with Gasteiger partial charge in [0.05, 0.1) is 10.6 Å². The van der Waals surface area contributed by atoms with Crippen LogP contribution in [0.1, 0.15) is 27.9 Å². The second-order valence-electron chi connectivity index (χ2n) is 6.07. The molecule has 2 aromatic carbocycles. The van der Waals surface area contributed by atoms with Gasteiger partial charge in [0, 0.05) is 12.1 Å². The Hall–Kier alpha value is -2.78. The van der Waals surface area contributed by atoms with E-state index < -0.39 is 15.9 Å². The lowest BCUT2D eigenvalue weighted by Crippen LogP contribution is -2.31. The predicted octanol–water partition coefficient (Wildman–Crippen LogP) is 3.62. The van der Waals surface area contributed by atoms with Gasteiger partial charge in [-0.25, -0.2) is 8.42 Å². The highest BCUT2D eigenvalue weighted by molar-refractivity contribution is 7.92. The third-order valence-corrected chi connectivity index (χ3v) is 6.90. The van der Waals surface area contributed by atoms with Gasteiger partial charge in [0.1, 0.15) is 5.01 Å². The molecule has 0 bridgehead atoms. The molecule has 0 atom stereocenters. The van der Waals surface area contributed by atoms with E-state index in [4.69, 9.17) is 0 Å². The van der Waals surface area contributed by atoms with Crippen LogP contribution in [0.15, 0.2) is 53.4 Å². The third-order valence-electron chi connectivity index (χ3n) is 4.10. The molecule has 0 saturated heterocycles. The van der Waals surface area contributed by atoms with Crippen LogP contribution >= 0.6 is 11.3 Å². The van der Waals surface area contributed by atoms with E-state index in [1.807, 2.05) is 6.07 Å². The molecule has 1 amide bonds. The van der Waals surface area contributed by atoms with E-state index >= 15 is 0 Å². The van der Waals surface area contributed by atoms with Gasteiger partial charge in [-0.1, -0.05) is 35.6 Å². The highest BCUT2D eigenvalue weighted by Gasteiger charge is 2.26. The van der Waals surface area contributed by atoms with E-state index in [2.05, 4.69) is 15.5 Å². The van der Waals surface area contributed by atoms with Crippen molar-refractivity contribution in [2.75, 3.05) is 16.2 Å². The number of hydrogen-bond acceptors (Lipinski definition) is 6. The number of anilines is 2. The first-order chi connectivity index (χ1) is 13.3. The summed E-state index contributed by atoms with van der Waals surface area (Å²) in [4.78, 5) is 12.6. The summed E-state index contributed by atoms with van der Waals surface area (Å²) in [6, 6.07) is 13.5. The molecule has 1 N–H and O–H groups in total. The van der Waals surface area contributed by atoms with Gasteiger partial charge in [-0.05, 0) is 50.6 Å². The van der Waals surface area contributed by atoms with Gasteiger partial charge in [0.2, 0.25) is 5.13 Å². The summed E-state index contributed by atoms with van der Waals surface area (Å²) < 4.78 is 27.9. The number of rotatable bonds is 6. The molecular formula is C19H20N4O3S2. The first-order valence-corrected chi connectivity index (χ1v) is 10.9. The highest BCUT2D eigenvalue weighted by Crippen LogP contribution is 2.26. The molecule has 0 aliphatic heterocycles. The molecule has 0 saturated carbocycles. The summed E-state index contributed by atoms with van der Waals surface area (Å²) in [6.45, 7) is 5.54. The maximum Gasteiger partial charge on any atom is 0.264 e. The minimum Gasteiger partial charge on any atom is -0.296 e. The van der Waals surface area contributed by atoms with Crippen LogP contribution in [-0.4, -0.2) is 31.1 Å². The van der Waals surface area contributed by atoms with Crippen LogP contribution in [0.3, 0.4) is 0 Å². The summed E-state index contributed by atoms with van der Waals surface area (Å²) in [7, 11) is -3.83. The van der Waals surface area contributed by atoms with Crippen molar-refractivity contribution in [3.05, 3.63) is 64.7 Å². The number of hydrogen-bond donors (Lipinski definition) is 1. The van der Waals surface area contributed by atoms with Crippen LogP contribution in [0.5, 0.6) is 0 Å². The molecule has 0 unspecified atom stereocenters. The summed E-state index contributed by atoms with van der Waals surface area (Å²) >= 11 is 1.25. The van der Waals surface area contributed by atoms with Crippen LogP contribution in [0.4, 0.5) is 10.8 Å². The van der Waals surface area contributed by atoms with Gasteiger partial charge in [-0.2, -0.15) is 0 Å². The molecule has 0 fully saturated rings. The summed E-state index contributed by atoms with van der Waals surface area (Å²) in [5, 5.41) is 11.5. The molecule has 7 nitrogen and oxygen atoms in total. The van der Waals surface area contributed by atoms with Crippen molar-refractivity contribution in [2.24, 2.45) is 0 Å². The van der Waals surface area contributed by atoms with Crippen LogP contribution < -0.4 is 9.62 Å². The first kappa shape index (κ1) is 20.0. The lowest BCUT2D eigenvalue weighted by atomic mass is 10.1. The van der Waals surface area contributed by atoms with E-state index in [1.54, 1.807) is 57.2 Å². The molecule has 9 heteroatoms. The molecule has 0 spiro atoms. The monoisotopic (exact) mass is 416 g/mol. The lowest BCUT2D eigenvalue weighted by Gasteiger charge is -2.24. The average Bonchev–Trinajstić information content (AvgIpc) is 3.07. The Bertz CT molecular complexity index is 1100. The van der Waals surface area contributed by atoms with Crippen molar-refractivity contribution < 1.29 is 13.2 Å². The smallest absolute Gasteiger partial charge is 0.264 e. The first-order valence-electron chi connectivity index (χ1n) is 8.63. The fraction of sp³-hybridized carbons (Fsp3) is 0.211. The highest BCUT2D eigenvalue weighted by atomic mass is 32.2. The predicted molar refractivity (Wildman–Crippen MR) is 110 cm³/mol. The van der Waals surface area contributed by atoms with Crippen LogP contribution in [-0.2, 0) is 10.0 Å². The Morgan fingerprint density at radius 3 is 2.43 bits per heavy atom. The number of nitrogens with one attached hydrogen (secondary N) is 1. The molecule has 28 heavy (non-hydrogen) atoms. The topological polar surface area (TPSA) is 92.3 Å². The van der Waals surface area contributed by atoms with Crippen molar-refractivity contribution in [2.45, 2.75) is 25.7 Å². The maximum absolute atomic E-state index is 13.3. The normalized spacial score (nSPS) is 11.2. The molecule has 3 aromatic rings. The fourth-order valence-electron chi connectivity index (χ4n) is 2.74. The van der Waals surface area contributed by atoms with Crippen molar-refractivity contribution in [3.63, 3.8) is 0 Å². The van der Waals surface area contributed by atoms with Gasteiger partial charge in [0.25, 0.3) is 15.9 Å². The van der Waals surface area contributed by atoms with Crippen LogP contribution in [0.25, 0.3) is 0 Å². The van der Waals surface area contributed by atoms with Crippen molar-refractivity contribution >= 4 is 38.1 Å². The Morgan fingerprint density at radius 2 is 1.82 bits per heavy atom. The molecule has 1 heterocycles. The van der Waals surface area contributed by atoms with E-state index in [9.17, 15) is 13.2 Å². The lowest BCUT2D eigenvalue weighted by molar-refractivity contribution is 0.102. The number of amides is 1. The molecule has 1 aromatic heterocycles. The SMILES string of the molecule is CCN(c1ccccc1)S(=O)(=O)c1cc(C(=O)Nc2nnc(C)s2)ccc1C. The number of para-hydroxylation sites is 1. The number of aromatic nitrogens is 2. The standard InChI is InChI=1S/C19H20N4O3S2/c1-4-23(16-8-6-5-7-9-16)28(25,26)17-12-15(11-10-13(17)2)18(24)20-19-22-21-14(3)27-19/h5-12H,4H2,1-3H3,(H,20,22,24). The number of carbonyl (C=O) groups is 1. The zero-order valence-electron chi connectivity index (χ0n) is 15.7. The van der Waals surface area contributed by atoms with Gasteiger partial charge >= 0.3 is 0 Å². The third kappa shape index (κ3) is 4.05.